The fourth-order valence-corrected chi connectivity index (χ4v) is 6.88. The van der Waals surface area contributed by atoms with Crippen molar-refractivity contribution in [3.05, 3.63) is 107 Å². The predicted octanol–water partition coefficient (Wildman–Crippen LogP) is 6.26. The number of imide groups is 1. The molecule has 0 spiro atoms. The number of rotatable bonds is 6. The summed E-state index contributed by atoms with van der Waals surface area (Å²) in [7, 11) is 0. The third-order valence-corrected chi connectivity index (χ3v) is 9.14. The van der Waals surface area contributed by atoms with Crippen LogP contribution in [0, 0.1) is 37.5 Å². The van der Waals surface area contributed by atoms with Crippen LogP contribution >= 0.6 is 0 Å². The molecule has 5 atom stereocenters. The summed E-state index contributed by atoms with van der Waals surface area (Å²) in [6, 6.07) is 21.5. The second-order valence-electron chi connectivity index (χ2n) is 11.9. The predicted molar refractivity (Wildman–Crippen MR) is 163 cm³/mol. The van der Waals surface area contributed by atoms with E-state index in [4.69, 9.17) is 9.72 Å². The minimum atomic E-state index is -0.980. The maximum Gasteiger partial charge on any atom is 0.339 e. The number of allylic oxidation sites excluding steroid dienone is 2. The molecular formula is C36H30N2O5. The van der Waals surface area contributed by atoms with Gasteiger partial charge >= 0.3 is 5.97 Å². The molecule has 3 aliphatic rings. The van der Waals surface area contributed by atoms with Gasteiger partial charge in [-0.2, -0.15) is 0 Å². The van der Waals surface area contributed by atoms with Gasteiger partial charge in [-0.15, -0.1) is 0 Å². The quantitative estimate of drug-likeness (QED) is 0.118. The van der Waals surface area contributed by atoms with Gasteiger partial charge in [-0.1, -0.05) is 72.3 Å². The second kappa shape index (κ2) is 10.1. The Labute approximate surface area is 249 Å². The molecule has 2 bridgehead atoms. The largest absolute Gasteiger partial charge is 0.451 e. The molecular weight excluding hydrogens is 540 g/mol. The lowest BCUT2D eigenvalue weighted by Gasteiger charge is -2.18. The lowest BCUT2D eigenvalue weighted by atomic mass is 9.85. The average Bonchev–Trinajstić information content (AvgIpc) is 3.70. The smallest absolute Gasteiger partial charge is 0.339 e. The van der Waals surface area contributed by atoms with E-state index in [1.807, 2.05) is 56.3 Å². The zero-order valence-corrected chi connectivity index (χ0v) is 24.1. The first-order valence-corrected chi connectivity index (χ1v) is 14.6. The van der Waals surface area contributed by atoms with Gasteiger partial charge in [0.05, 0.1) is 34.3 Å². The number of carbonyl (C=O) groups is 4. The molecule has 0 unspecified atom stereocenters. The number of amides is 2. The molecule has 7 nitrogen and oxygen atoms in total. The Balaban J connectivity index is 1.18. The van der Waals surface area contributed by atoms with Crippen LogP contribution in [0.3, 0.4) is 0 Å². The number of hydrogen-bond donors (Lipinski definition) is 0. The van der Waals surface area contributed by atoms with Crippen LogP contribution in [-0.4, -0.2) is 34.7 Å². The molecule has 214 valence electrons. The highest BCUT2D eigenvalue weighted by atomic mass is 16.5. The fraction of sp³-hybridized carbons (Fsp3) is 0.250. The molecule has 1 saturated carbocycles. The van der Waals surface area contributed by atoms with Gasteiger partial charge in [-0.25, -0.2) is 9.78 Å². The van der Waals surface area contributed by atoms with Crippen molar-refractivity contribution in [2.24, 2.45) is 23.7 Å². The van der Waals surface area contributed by atoms with Gasteiger partial charge in [0, 0.05) is 16.5 Å². The first-order chi connectivity index (χ1) is 20.7. The number of esters is 1. The summed E-state index contributed by atoms with van der Waals surface area (Å²) in [6.07, 6.45) is 4.07. The van der Waals surface area contributed by atoms with Crippen LogP contribution < -0.4 is 4.90 Å². The number of aromatic nitrogens is 1. The van der Waals surface area contributed by atoms with Crippen LogP contribution in [0.25, 0.3) is 22.2 Å². The molecule has 2 amide bonds. The van der Waals surface area contributed by atoms with Gasteiger partial charge < -0.3 is 4.74 Å². The summed E-state index contributed by atoms with van der Waals surface area (Å²) >= 11 is 0. The number of hydrogen-bond acceptors (Lipinski definition) is 6. The Morgan fingerprint density at radius 1 is 0.884 bits per heavy atom. The van der Waals surface area contributed by atoms with Gasteiger partial charge in [0.2, 0.25) is 17.6 Å². The van der Waals surface area contributed by atoms with E-state index in [0.29, 0.717) is 39.0 Å². The number of fused-ring (bicyclic) bond motifs is 6. The normalized spacial score (nSPS) is 22.7. The number of nitrogens with zero attached hydrogens (tertiary/aromatic N) is 2. The first kappa shape index (κ1) is 27.0. The molecule has 1 aliphatic heterocycles. The molecule has 4 aromatic rings. The van der Waals surface area contributed by atoms with Crippen LogP contribution in [0.2, 0.25) is 0 Å². The van der Waals surface area contributed by atoms with E-state index in [9.17, 15) is 19.2 Å². The van der Waals surface area contributed by atoms with Gasteiger partial charge in [-0.05, 0) is 62.8 Å². The summed E-state index contributed by atoms with van der Waals surface area (Å²) in [4.78, 5) is 59.2. The number of aryl methyl sites for hydroxylation is 2. The monoisotopic (exact) mass is 570 g/mol. The molecule has 0 N–H and O–H groups in total. The van der Waals surface area contributed by atoms with Crippen LogP contribution in [-0.2, 0) is 14.3 Å². The first-order valence-electron chi connectivity index (χ1n) is 14.6. The number of para-hydroxylation sites is 1. The molecule has 1 aromatic heterocycles. The maximum atomic E-state index is 13.5. The van der Waals surface area contributed by atoms with Crippen molar-refractivity contribution in [3.63, 3.8) is 0 Å². The number of benzene rings is 3. The molecule has 2 aliphatic carbocycles. The molecule has 2 fully saturated rings. The molecule has 43 heavy (non-hydrogen) atoms. The van der Waals surface area contributed by atoms with Crippen LogP contribution in [0.4, 0.5) is 5.69 Å². The molecule has 7 rings (SSSR count). The van der Waals surface area contributed by atoms with Crippen molar-refractivity contribution in [2.45, 2.75) is 33.3 Å². The van der Waals surface area contributed by atoms with Crippen molar-refractivity contribution in [1.29, 1.82) is 0 Å². The van der Waals surface area contributed by atoms with Crippen LogP contribution in [0.1, 0.15) is 45.2 Å². The molecule has 7 heteroatoms. The van der Waals surface area contributed by atoms with E-state index >= 15 is 0 Å². The number of pyridine rings is 1. The minimum Gasteiger partial charge on any atom is -0.451 e. The third-order valence-electron chi connectivity index (χ3n) is 9.14. The highest BCUT2D eigenvalue weighted by Crippen LogP contribution is 2.53. The Morgan fingerprint density at radius 3 is 2.19 bits per heavy atom. The lowest BCUT2D eigenvalue weighted by Crippen LogP contribution is -2.32. The number of carbonyl (C=O) groups excluding carboxylic acids is 4. The molecule has 2 heterocycles. The number of Topliss-reactive ketones (excluding diaryl/α,β-unsaturated/α-hetero) is 1. The highest BCUT2D eigenvalue weighted by molar-refractivity contribution is 6.23. The summed E-state index contributed by atoms with van der Waals surface area (Å²) in [6.45, 7) is 5.44. The lowest BCUT2D eigenvalue weighted by molar-refractivity contribution is -0.123. The van der Waals surface area contributed by atoms with Crippen molar-refractivity contribution >= 4 is 40.2 Å². The van der Waals surface area contributed by atoms with E-state index in [0.717, 1.165) is 17.5 Å². The highest BCUT2D eigenvalue weighted by Gasteiger charge is 2.59. The molecule has 3 aromatic carbocycles. The zero-order valence-electron chi connectivity index (χ0n) is 24.1. The second-order valence-corrected chi connectivity index (χ2v) is 11.9. The molecule has 0 radical (unpaired) electrons. The van der Waals surface area contributed by atoms with Crippen molar-refractivity contribution in [1.82, 2.24) is 4.98 Å². The molecule has 1 saturated heterocycles. The summed E-state index contributed by atoms with van der Waals surface area (Å²) in [5.41, 5.74) is 5.13. The van der Waals surface area contributed by atoms with Crippen LogP contribution in [0.5, 0.6) is 0 Å². The number of ketones is 1. The fourth-order valence-electron chi connectivity index (χ4n) is 6.88. The van der Waals surface area contributed by atoms with Crippen molar-refractivity contribution in [3.8, 4) is 11.3 Å². The van der Waals surface area contributed by atoms with Crippen LogP contribution in [0.15, 0.2) is 84.9 Å². The van der Waals surface area contributed by atoms with E-state index in [1.54, 1.807) is 37.3 Å². The minimum absolute atomic E-state index is 0.126. The maximum absolute atomic E-state index is 13.5. The topological polar surface area (TPSA) is 93.6 Å². The standard InChI is InChI=1S/C36H30N2O5/c1-19-7-9-23(10-8-19)33(39)21(3)43-36(42)28-18-29(37-32-20(2)5-4-6-27(28)32)22-13-15-26(16-14-22)38-34(40)30-24-11-12-25(17-24)31(30)35(38)41/h4-16,18,21,24-25,30-31H,17H2,1-3H3/t21-,24-,25-,30-,31+/m0/s1. The SMILES string of the molecule is Cc1ccc(C(=O)[C@H](C)OC(=O)c2cc(-c3ccc(N4C(=O)[C@@H]5[C@H](C4=O)[C@H]4C=C[C@H]5C4)cc3)nc3c(C)cccc23)cc1. The summed E-state index contributed by atoms with van der Waals surface area (Å²) < 4.78 is 5.69. The Hall–Kier alpha value is -4.91. The summed E-state index contributed by atoms with van der Waals surface area (Å²) in [5, 5.41) is 0.628. The van der Waals surface area contributed by atoms with Gasteiger partial charge in [-0.3, -0.25) is 19.3 Å². The summed E-state index contributed by atoms with van der Waals surface area (Å²) in [5.74, 6) is -1.38. The Morgan fingerprint density at radius 2 is 1.53 bits per heavy atom. The van der Waals surface area contributed by atoms with E-state index in [2.05, 4.69) is 12.2 Å². The van der Waals surface area contributed by atoms with Crippen molar-refractivity contribution < 1.29 is 23.9 Å². The van der Waals surface area contributed by atoms with E-state index in [1.165, 1.54) is 4.90 Å². The third kappa shape index (κ3) is 4.38. The van der Waals surface area contributed by atoms with E-state index < -0.39 is 12.1 Å². The van der Waals surface area contributed by atoms with Gasteiger partial charge in [0.25, 0.3) is 0 Å². The Bertz CT molecular complexity index is 1830. The Kier molecular flexibility index (Phi) is 6.34. The van der Waals surface area contributed by atoms with Crippen molar-refractivity contribution in [2.75, 3.05) is 4.90 Å². The average molecular weight is 571 g/mol. The number of ether oxygens (including phenoxy) is 1. The van der Waals surface area contributed by atoms with Gasteiger partial charge in [0.15, 0.2) is 6.10 Å². The number of anilines is 1. The van der Waals surface area contributed by atoms with Gasteiger partial charge in [0.1, 0.15) is 0 Å². The zero-order chi connectivity index (χ0) is 30.0. The van der Waals surface area contributed by atoms with E-state index in [-0.39, 0.29) is 41.3 Å².